The van der Waals surface area contributed by atoms with Crippen molar-refractivity contribution in [1.82, 2.24) is 10.6 Å². The Morgan fingerprint density at radius 3 is 2.45 bits per heavy atom. The molecule has 0 bridgehead atoms. The number of hydrogen-bond acceptors (Lipinski definition) is 5. The molecule has 0 aliphatic rings. The molecule has 1 atom stereocenters. The summed E-state index contributed by atoms with van der Waals surface area (Å²) < 4.78 is 52.0. The van der Waals surface area contributed by atoms with Crippen LogP contribution in [0.15, 0.2) is 48.5 Å². The smallest absolute Gasteiger partial charge is 0.251 e. The van der Waals surface area contributed by atoms with Gasteiger partial charge in [-0.2, -0.15) is 5.26 Å². The van der Waals surface area contributed by atoms with E-state index < -0.39 is 62.9 Å². The van der Waals surface area contributed by atoms with Crippen molar-refractivity contribution >= 4 is 21.7 Å². The standard InChI is InChI=1S/C19H17F2N3O4S/c20-15-6-7-16(21)14(10-15)11-29(27,28)12-17(19(26)23-9-8-22)24-18(25)13-4-2-1-3-5-13/h1-7,10,17H,9,11-12H2,(H,23,26)(H,24,25). The van der Waals surface area contributed by atoms with Crippen LogP contribution in [0.2, 0.25) is 0 Å². The van der Waals surface area contributed by atoms with Gasteiger partial charge in [0.2, 0.25) is 5.91 Å². The molecule has 2 N–H and O–H groups in total. The Balaban J connectivity index is 2.21. The molecule has 7 nitrogen and oxygen atoms in total. The van der Waals surface area contributed by atoms with E-state index in [1.807, 2.05) is 0 Å². The second-order valence-electron chi connectivity index (χ2n) is 6.06. The number of nitriles is 1. The third-order valence-corrected chi connectivity index (χ3v) is 5.40. The van der Waals surface area contributed by atoms with Gasteiger partial charge < -0.3 is 10.6 Å². The molecular weight excluding hydrogens is 404 g/mol. The zero-order chi connectivity index (χ0) is 21.4. The maximum Gasteiger partial charge on any atom is 0.251 e. The van der Waals surface area contributed by atoms with Crippen molar-refractivity contribution in [3.63, 3.8) is 0 Å². The topological polar surface area (TPSA) is 116 Å². The highest BCUT2D eigenvalue weighted by Gasteiger charge is 2.28. The second-order valence-corrected chi connectivity index (χ2v) is 8.17. The molecule has 0 radical (unpaired) electrons. The van der Waals surface area contributed by atoms with Gasteiger partial charge in [-0.15, -0.1) is 0 Å². The first kappa shape index (κ1) is 22.0. The minimum Gasteiger partial charge on any atom is -0.341 e. The van der Waals surface area contributed by atoms with E-state index in [1.165, 1.54) is 12.1 Å². The van der Waals surface area contributed by atoms with Gasteiger partial charge in [-0.05, 0) is 30.3 Å². The fourth-order valence-electron chi connectivity index (χ4n) is 2.47. The van der Waals surface area contributed by atoms with Crippen LogP contribution in [0.4, 0.5) is 8.78 Å². The maximum absolute atomic E-state index is 13.8. The van der Waals surface area contributed by atoms with Crippen molar-refractivity contribution in [2.24, 2.45) is 0 Å². The molecule has 0 spiro atoms. The van der Waals surface area contributed by atoms with E-state index in [4.69, 9.17) is 5.26 Å². The molecule has 2 aromatic carbocycles. The van der Waals surface area contributed by atoms with Crippen LogP contribution >= 0.6 is 0 Å². The second kappa shape index (κ2) is 9.75. The molecule has 152 valence electrons. The first-order chi connectivity index (χ1) is 13.7. The number of benzene rings is 2. The highest BCUT2D eigenvalue weighted by molar-refractivity contribution is 7.90. The Labute approximate surface area is 166 Å². The molecule has 2 amide bonds. The Hall–Kier alpha value is -3.32. The third-order valence-electron chi connectivity index (χ3n) is 3.80. The summed E-state index contributed by atoms with van der Waals surface area (Å²) in [5.74, 6) is -5.03. The summed E-state index contributed by atoms with van der Waals surface area (Å²) in [6, 6.07) is 10.3. The van der Waals surface area contributed by atoms with Gasteiger partial charge in [0.15, 0.2) is 9.84 Å². The van der Waals surface area contributed by atoms with Crippen LogP contribution in [0, 0.1) is 23.0 Å². The molecule has 2 rings (SSSR count). The quantitative estimate of drug-likeness (QED) is 0.624. The van der Waals surface area contributed by atoms with Crippen molar-refractivity contribution in [2.45, 2.75) is 11.8 Å². The number of nitrogens with zero attached hydrogens (tertiary/aromatic N) is 1. The van der Waals surface area contributed by atoms with Crippen LogP contribution in [0.25, 0.3) is 0 Å². The monoisotopic (exact) mass is 421 g/mol. The van der Waals surface area contributed by atoms with Gasteiger partial charge >= 0.3 is 0 Å². The van der Waals surface area contributed by atoms with E-state index >= 15 is 0 Å². The van der Waals surface area contributed by atoms with E-state index in [1.54, 1.807) is 24.3 Å². The summed E-state index contributed by atoms with van der Waals surface area (Å²) in [7, 11) is -4.14. The minimum absolute atomic E-state index is 0.194. The number of rotatable bonds is 8. The molecule has 0 aliphatic heterocycles. The molecule has 0 heterocycles. The van der Waals surface area contributed by atoms with Crippen LogP contribution in [0.1, 0.15) is 15.9 Å². The van der Waals surface area contributed by atoms with Gasteiger partial charge in [0, 0.05) is 11.1 Å². The van der Waals surface area contributed by atoms with Gasteiger partial charge in [0.1, 0.15) is 24.2 Å². The fraction of sp³-hybridized carbons (Fsp3) is 0.211. The maximum atomic E-state index is 13.8. The molecule has 2 aromatic rings. The predicted molar refractivity (Wildman–Crippen MR) is 100 cm³/mol. The normalized spacial score (nSPS) is 11.9. The first-order valence-electron chi connectivity index (χ1n) is 8.37. The highest BCUT2D eigenvalue weighted by Crippen LogP contribution is 2.14. The predicted octanol–water partition coefficient (Wildman–Crippen LogP) is 1.32. The van der Waals surface area contributed by atoms with Crippen LogP contribution in [-0.2, 0) is 20.4 Å². The number of carbonyl (C=O) groups excluding carboxylic acids is 2. The Morgan fingerprint density at radius 1 is 1.10 bits per heavy atom. The zero-order valence-corrected chi connectivity index (χ0v) is 15.9. The van der Waals surface area contributed by atoms with Crippen LogP contribution < -0.4 is 10.6 Å². The zero-order valence-electron chi connectivity index (χ0n) is 15.1. The van der Waals surface area contributed by atoms with Crippen molar-refractivity contribution < 1.29 is 26.8 Å². The van der Waals surface area contributed by atoms with E-state index in [0.29, 0.717) is 0 Å². The van der Waals surface area contributed by atoms with Gasteiger partial charge in [-0.1, -0.05) is 18.2 Å². The molecular formula is C19H17F2N3O4S. The number of halogens is 2. The fourth-order valence-corrected chi connectivity index (χ4v) is 4.02. The van der Waals surface area contributed by atoms with Gasteiger partial charge in [0.25, 0.3) is 5.91 Å². The van der Waals surface area contributed by atoms with Crippen LogP contribution in [-0.4, -0.2) is 38.6 Å². The number of carbonyl (C=O) groups is 2. The average Bonchev–Trinajstić information content (AvgIpc) is 2.68. The van der Waals surface area contributed by atoms with Gasteiger partial charge in [-0.25, -0.2) is 17.2 Å². The summed E-state index contributed by atoms with van der Waals surface area (Å²) in [5.41, 5.74) is -0.199. The largest absolute Gasteiger partial charge is 0.341 e. The third kappa shape index (κ3) is 6.65. The molecule has 0 aromatic heterocycles. The van der Waals surface area contributed by atoms with Crippen molar-refractivity contribution in [3.8, 4) is 6.07 Å². The number of amides is 2. The summed E-state index contributed by atoms with van der Waals surface area (Å²) >= 11 is 0. The number of hydrogen-bond donors (Lipinski definition) is 2. The molecule has 29 heavy (non-hydrogen) atoms. The summed E-state index contributed by atoms with van der Waals surface area (Å²) in [5, 5.41) is 13.1. The lowest BCUT2D eigenvalue weighted by molar-refractivity contribution is -0.122. The van der Waals surface area contributed by atoms with Crippen molar-refractivity contribution in [1.29, 1.82) is 5.26 Å². The Kier molecular flexibility index (Phi) is 7.39. The Bertz CT molecular complexity index is 1040. The van der Waals surface area contributed by atoms with E-state index in [0.717, 1.165) is 18.2 Å². The minimum atomic E-state index is -4.14. The molecule has 0 aliphatic carbocycles. The van der Waals surface area contributed by atoms with Gasteiger partial charge in [-0.3, -0.25) is 9.59 Å². The molecule has 10 heteroatoms. The van der Waals surface area contributed by atoms with Crippen molar-refractivity contribution in [3.05, 3.63) is 71.3 Å². The van der Waals surface area contributed by atoms with Crippen LogP contribution in [0.3, 0.4) is 0 Å². The van der Waals surface area contributed by atoms with Crippen molar-refractivity contribution in [2.75, 3.05) is 12.3 Å². The van der Waals surface area contributed by atoms with Crippen LogP contribution in [0.5, 0.6) is 0 Å². The summed E-state index contributed by atoms with van der Waals surface area (Å²) in [4.78, 5) is 24.6. The van der Waals surface area contributed by atoms with Gasteiger partial charge in [0.05, 0.1) is 17.6 Å². The summed E-state index contributed by atoms with van der Waals surface area (Å²) in [6.07, 6.45) is 0. The molecule has 0 saturated carbocycles. The highest BCUT2D eigenvalue weighted by atomic mass is 32.2. The lowest BCUT2D eigenvalue weighted by Gasteiger charge is -2.18. The average molecular weight is 421 g/mol. The molecule has 0 saturated heterocycles. The lowest BCUT2D eigenvalue weighted by atomic mass is 10.2. The first-order valence-corrected chi connectivity index (χ1v) is 10.2. The molecule has 1 unspecified atom stereocenters. The van der Waals surface area contributed by atoms with E-state index in [2.05, 4.69) is 10.6 Å². The van der Waals surface area contributed by atoms with E-state index in [9.17, 15) is 26.8 Å². The lowest BCUT2D eigenvalue weighted by Crippen LogP contribution is -2.50. The molecule has 0 fully saturated rings. The number of nitrogens with one attached hydrogen (secondary N) is 2. The number of sulfone groups is 1. The SMILES string of the molecule is N#CCNC(=O)C(CS(=O)(=O)Cc1cc(F)ccc1F)NC(=O)c1ccccc1. The summed E-state index contributed by atoms with van der Waals surface area (Å²) in [6.45, 7) is -0.394. The Morgan fingerprint density at radius 2 is 1.79 bits per heavy atom. The van der Waals surface area contributed by atoms with E-state index in [-0.39, 0.29) is 5.56 Å².